The molecule has 0 saturated heterocycles. The van der Waals surface area contributed by atoms with Crippen LogP contribution in [0.15, 0.2) is 12.1 Å². The maximum atomic E-state index is 13.0. The molecule has 0 aliphatic carbocycles. The van der Waals surface area contributed by atoms with Crippen molar-refractivity contribution < 1.29 is 27.8 Å². The zero-order valence-corrected chi connectivity index (χ0v) is 12.8. The summed E-state index contributed by atoms with van der Waals surface area (Å²) in [5, 5.41) is 5.91. The lowest BCUT2D eigenvalue weighted by molar-refractivity contribution is -0.286. The number of alkyl halides is 2. The van der Waals surface area contributed by atoms with Crippen LogP contribution in [0.5, 0.6) is 11.5 Å². The zero-order valence-electron chi connectivity index (χ0n) is 12.0. The summed E-state index contributed by atoms with van der Waals surface area (Å²) in [6.45, 7) is 1.18. The largest absolute Gasteiger partial charge is 0.586 e. The van der Waals surface area contributed by atoms with E-state index in [1.165, 1.54) is 12.1 Å². The summed E-state index contributed by atoms with van der Waals surface area (Å²) < 4.78 is 40.2. The molecule has 0 radical (unpaired) electrons. The number of carbonyl (C=O) groups excluding carboxylic acids is 1. The van der Waals surface area contributed by atoms with Crippen LogP contribution in [-0.2, 0) is 9.53 Å². The van der Waals surface area contributed by atoms with Gasteiger partial charge in [0.2, 0.25) is 5.91 Å². The maximum Gasteiger partial charge on any atom is 0.586 e. The Balaban J connectivity index is 1.66. The number of nitrogens with zero attached hydrogens (tertiary/aromatic N) is 1. The number of carbonyl (C=O) groups is 1. The van der Waals surface area contributed by atoms with Gasteiger partial charge in [-0.25, -0.2) is 4.98 Å². The molecular weight excluding hydrogens is 332 g/mol. The molecule has 7 nitrogen and oxygen atoms in total. The molecule has 1 aliphatic rings. The minimum absolute atomic E-state index is 0.0507. The minimum atomic E-state index is -3.66. The van der Waals surface area contributed by atoms with Crippen molar-refractivity contribution >= 4 is 32.6 Å². The van der Waals surface area contributed by atoms with E-state index in [1.807, 2.05) is 0 Å². The van der Waals surface area contributed by atoms with Gasteiger partial charge in [0.25, 0.3) is 0 Å². The van der Waals surface area contributed by atoms with Crippen molar-refractivity contribution in [2.45, 2.75) is 6.29 Å². The minimum Gasteiger partial charge on any atom is -0.395 e. The van der Waals surface area contributed by atoms with E-state index in [4.69, 9.17) is 4.74 Å². The van der Waals surface area contributed by atoms with E-state index in [2.05, 4.69) is 25.1 Å². The van der Waals surface area contributed by atoms with Gasteiger partial charge in [-0.15, -0.1) is 8.78 Å². The van der Waals surface area contributed by atoms with Gasteiger partial charge in [-0.2, -0.15) is 0 Å². The average molecular weight is 345 g/mol. The Morgan fingerprint density at radius 1 is 1.39 bits per heavy atom. The molecule has 23 heavy (non-hydrogen) atoms. The fraction of sp³-hybridized carbons (Fsp3) is 0.385. The molecule has 2 N–H and O–H groups in total. The number of anilines is 1. The van der Waals surface area contributed by atoms with Crippen molar-refractivity contribution in [2.75, 3.05) is 32.1 Å². The molecule has 1 aromatic heterocycles. The average Bonchev–Trinajstić information content (AvgIpc) is 2.97. The number of rotatable bonds is 6. The second-order valence-electron chi connectivity index (χ2n) is 4.67. The summed E-state index contributed by atoms with van der Waals surface area (Å²) in [6.07, 6.45) is -3.66. The van der Waals surface area contributed by atoms with E-state index in [1.54, 1.807) is 7.11 Å². The second-order valence-corrected chi connectivity index (χ2v) is 5.70. The zero-order chi connectivity index (χ0) is 16.4. The fourth-order valence-electron chi connectivity index (χ4n) is 1.97. The lowest BCUT2D eigenvalue weighted by atomic mass is 10.3. The van der Waals surface area contributed by atoms with Gasteiger partial charge in [0, 0.05) is 25.8 Å². The third kappa shape index (κ3) is 3.66. The highest BCUT2D eigenvalue weighted by atomic mass is 32.1. The quantitative estimate of drug-likeness (QED) is 0.777. The van der Waals surface area contributed by atoms with E-state index in [0.717, 1.165) is 11.3 Å². The molecule has 124 valence electrons. The molecule has 3 rings (SSSR count). The number of ether oxygens (including phenoxy) is 3. The van der Waals surface area contributed by atoms with Gasteiger partial charge in [-0.05, 0) is 0 Å². The number of methoxy groups -OCH3 is 1. The Kier molecular flexibility index (Phi) is 4.28. The summed E-state index contributed by atoms with van der Waals surface area (Å²) in [4.78, 5) is 15.9. The highest BCUT2D eigenvalue weighted by molar-refractivity contribution is 7.22. The molecule has 0 unspecified atom stereocenters. The highest BCUT2D eigenvalue weighted by Crippen LogP contribution is 2.44. The van der Waals surface area contributed by atoms with E-state index >= 15 is 0 Å². The van der Waals surface area contributed by atoms with Crippen molar-refractivity contribution in [3.63, 3.8) is 0 Å². The number of nitrogens with one attached hydrogen (secondary N) is 2. The summed E-state index contributed by atoms with van der Waals surface area (Å²) in [5.74, 6) is -0.385. The van der Waals surface area contributed by atoms with Gasteiger partial charge in [-0.1, -0.05) is 11.3 Å². The second kappa shape index (κ2) is 6.22. The molecule has 10 heteroatoms. The maximum absolute atomic E-state index is 13.0. The first-order chi connectivity index (χ1) is 11.0. The van der Waals surface area contributed by atoms with Crippen LogP contribution in [0, 0.1) is 0 Å². The van der Waals surface area contributed by atoms with Crippen LogP contribution >= 0.6 is 11.3 Å². The Bertz CT molecular complexity index is 692. The third-order valence-corrected chi connectivity index (χ3v) is 3.86. The molecule has 2 heterocycles. The molecule has 0 atom stereocenters. The predicted molar refractivity (Wildman–Crippen MR) is 79.2 cm³/mol. The number of hydrogen-bond donors (Lipinski definition) is 2. The van der Waals surface area contributed by atoms with Crippen LogP contribution in [0.4, 0.5) is 13.9 Å². The van der Waals surface area contributed by atoms with E-state index in [0.29, 0.717) is 28.5 Å². The van der Waals surface area contributed by atoms with Gasteiger partial charge in [0.05, 0.1) is 23.4 Å². The van der Waals surface area contributed by atoms with Crippen LogP contribution in [0.3, 0.4) is 0 Å². The highest BCUT2D eigenvalue weighted by Gasteiger charge is 2.43. The molecule has 1 aliphatic heterocycles. The molecule has 1 amide bonds. The number of fused-ring (bicyclic) bond motifs is 2. The van der Waals surface area contributed by atoms with E-state index in [-0.39, 0.29) is 24.0 Å². The summed E-state index contributed by atoms with van der Waals surface area (Å²) in [6, 6.07) is 2.77. The lowest BCUT2D eigenvalue weighted by Gasteiger charge is -2.04. The predicted octanol–water partition coefficient (Wildman–Crippen LogP) is 1.79. The smallest absolute Gasteiger partial charge is 0.395 e. The van der Waals surface area contributed by atoms with Crippen molar-refractivity contribution in [1.82, 2.24) is 10.3 Å². The van der Waals surface area contributed by atoms with Crippen molar-refractivity contribution in [2.24, 2.45) is 0 Å². The lowest BCUT2D eigenvalue weighted by Crippen LogP contribution is -2.30. The molecule has 0 saturated carbocycles. The fourth-order valence-corrected chi connectivity index (χ4v) is 2.86. The van der Waals surface area contributed by atoms with Gasteiger partial charge < -0.3 is 24.8 Å². The first-order valence-corrected chi connectivity index (χ1v) is 7.48. The number of hydrogen-bond acceptors (Lipinski definition) is 7. The van der Waals surface area contributed by atoms with Crippen LogP contribution in [-0.4, -0.2) is 44.0 Å². The van der Waals surface area contributed by atoms with Gasteiger partial charge in [0.15, 0.2) is 16.6 Å². The summed E-state index contributed by atoms with van der Waals surface area (Å²) in [5.41, 5.74) is 0.442. The van der Waals surface area contributed by atoms with Crippen molar-refractivity contribution in [1.29, 1.82) is 0 Å². The van der Waals surface area contributed by atoms with Crippen LogP contribution in [0.2, 0.25) is 0 Å². The Morgan fingerprint density at radius 3 is 2.87 bits per heavy atom. The van der Waals surface area contributed by atoms with Crippen LogP contribution in [0.25, 0.3) is 10.2 Å². The summed E-state index contributed by atoms with van der Waals surface area (Å²) in [7, 11) is 1.57. The monoisotopic (exact) mass is 345 g/mol. The SMILES string of the molecule is COCCNCC(=O)Nc1nc2cc3c(cc2s1)OC(F)(F)O3. The van der Waals surface area contributed by atoms with E-state index < -0.39 is 6.29 Å². The normalized spacial score (nSPS) is 15.1. The number of halogens is 2. The van der Waals surface area contributed by atoms with Gasteiger partial charge in [0.1, 0.15) is 0 Å². The first-order valence-electron chi connectivity index (χ1n) is 6.67. The molecule has 2 aromatic rings. The standard InChI is InChI=1S/C13H13F2N3O4S/c1-20-3-2-16-6-11(19)18-12-17-7-4-8-9(5-10(7)23-12)22-13(14,15)21-8/h4-5,16H,2-3,6H2,1H3,(H,17,18,19). The van der Waals surface area contributed by atoms with Gasteiger partial charge >= 0.3 is 6.29 Å². The van der Waals surface area contributed by atoms with Crippen LogP contribution in [0.1, 0.15) is 0 Å². The number of benzene rings is 1. The first kappa shape index (κ1) is 15.8. The number of aromatic nitrogens is 1. The molecule has 1 aromatic carbocycles. The molecule has 0 bridgehead atoms. The Morgan fingerprint density at radius 2 is 2.13 bits per heavy atom. The van der Waals surface area contributed by atoms with E-state index in [9.17, 15) is 13.6 Å². The van der Waals surface area contributed by atoms with Crippen LogP contribution < -0.4 is 20.1 Å². The third-order valence-electron chi connectivity index (χ3n) is 2.93. The number of amides is 1. The summed E-state index contributed by atoms with van der Waals surface area (Å²) >= 11 is 1.16. The van der Waals surface area contributed by atoms with Crippen molar-refractivity contribution in [3.05, 3.63) is 12.1 Å². The molecule has 0 spiro atoms. The Labute approximate surface area is 133 Å². The molecule has 0 fully saturated rings. The van der Waals surface area contributed by atoms with Gasteiger partial charge in [-0.3, -0.25) is 4.79 Å². The molecular formula is C13H13F2N3O4S. The van der Waals surface area contributed by atoms with Crippen molar-refractivity contribution in [3.8, 4) is 11.5 Å². The topological polar surface area (TPSA) is 81.7 Å². The number of thiazole rings is 1. The Hall–Kier alpha value is -2.04.